The lowest BCUT2D eigenvalue weighted by Crippen LogP contribution is -2.30. The van der Waals surface area contributed by atoms with E-state index in [4.69, 9.17) is 0 Å². The Morgan fingerprint density at radius 2 is 2.13 bits per heavy atom. The third-order valence-corrected chi connectivity index (χ3v) is 2.83. The second kappa shape index (κ2) is 6.66. The largest absolute Gasteiger partial charge is 0.375 e. The molecule has 0 aliphatic heterocycles. The Kier molecular flexibility index (Phi) is 5.45. The molecule has 0 saturated heterocycles. The van der Waals surface area contributed by atoms with Gasteiger partial charge in [0.25, 0.3) is 0 Å². The van der Waals surface area contributed by atoms with Crippen LogP contribution in [-0.4, -0.2) is 19.0 Å². The van der Waals surface area contributed by atoms with Crippen LogP contribution in [0.2, 0.25) is 0 Å². The molecule has 0 spiro atoms. The maximum Gasteiger partial charge on any atom is 0.239 e. The SMILES string of the molecule is CCCNC(=O)CNc1ccccc1I. The van der Waals surface area contributed by atoms with Gasteiger partial charge in [0, 0.05) is 15.8 Å². The summed E-state index contributed by atoms with van der Waals surface area (Å²) in [5.41, 5.74) is 1.00. The third kappa shape index (κ3) is 4.51. The Bertz CT molecular complexity index is 328. The number of anilines is 1. The van der Waals surface area contributed by atoms with Crippen LogP contribution in [0.5, 0.6) is 0 Å². The molecule has 0 aliphatic carbocycles. The van der Waals surface area contributed by atoms with E-state index in [-0.39, 0.29) is 5.91 Å². The monoisotopic (exact) mass is 318 g/mol. The lowest BCUT2D eigenvalue weighted by atomic mass is 10.3. The van der Waals surface area contributed by atoms with E-state index in [2.05, 4.69) is 33.2 Å². The lowest BCUT2D eigenvalue weighted by molar-refractivity contribution is -0.119. The van der Waals surface area contributed by atoms with Gasteiger partial charge in [0.05, 0.1) is 6.54 Å². The lowest BCUT2D eigenvalue weighted by Gasteiger charge is -2.08. The molecule has 0 unspecified atom stereocenters. The summed E-state index contributed by atoms with van der Waals surface area (Å²) < 4.78 is 1.12. The number of rotatable bonds is 5. The molecule has 82 valence electrons. The van der Waals surface area contributed by atoms with Crippen molar-refractivity contribution < 1.29 is 4.79 Å². The molecule has 4 heteroatoms. The number of hydrogen-bond acceptors (Lipinski definition) is 2. The fourth-order valence-corrected chi connectivity index (χ4v) is 1.69. The molecule has 0 heterocycles. The highest BCUT2D eigenvalue weighted by Gasteiger charge is 2.01. The normalized spacial score (nSPS) is 9.73. The van der Waals surface area contributed by atoms with Crippen molar-refractivity contribution in [3.63, 3.8) is 0 Å². The van der Waals surface area contributed by atoms with E-state index in [1.807, 2.05) is 31.2 Å². The van der Waals surface area contributed by atoms with Crippen LogP contribution in [0.15, 0.2) is 24.3 Å². The van der Waals surface area contributed by atoms with Crippen molar-refractivity contribution in [3.05, 3.63) is 27.8 Å². The Labute approximate surface area is 104 Å². The number of hydrogen-bond donors (Lipinski definition) is 2. The molecule has 1 aromatic carbocycles. The summed E-state index contributed by atoms with van der Waals surface area (Å²) in [6.45, 7) is 3.11. The van der Waals surface area contributed by atoms with E-state index in [1.54, 1.807) is 0 Å². The zero-order valence-electron chi connectivity index (χ0n) is 8.72. The third-order valence-electron chi connectivity index (χ3n) is 1.89. The Balaban J connectivity index is 2.37. The fraction of sp³-hybridized carbons (Fsp3) is 0.364. The second-order valence-corrected chi connectivity index (χ2v) is 4.35. The molecule has 0 saturated carbocycles. The highest BCUT2D eigenvalue weighted by atomic mass is 127. The fourth-order valence-electron chi connectivity index (χ4n) is 1.11. The van der Waals surface area contributed by atoms with Gasteiger partial charge in [0.15, 0.2) is 0 Å². The summed E-state index contributed by atoms with van der Waals surface area (Å²) >= 11 is 2.24. The molecule has 1 amide bonds. The van der Waals surface area contributed by atoms with Gasteiger partial charge in [0.1, 0.15) is 0 Å². The van der Waals surface area contributed by atoms with Crippen molar-refractivity contribution in [2.24, 2.45) is 0 Å². The number of carbonyl (C=O) groups excluding carboxylic acids is 1. The summed E-state index contributed by atoms with van der Waals surface area (Å²) in [6.07, 6.45) is 0.967. The zero-order valence-corrected chi connectivity index (χ0v) is 10.9. The molecule has 0 aromatic heterocycles. The average Bonchev–Trinajstić information content (AvgIpc) is 2.25. The predicted molar refractivity (Wildman–Crippen MR) is 70.9 cm³/mol. The van der Waals surface area contributed by atoms with Gasteiger partial charge in [-0.25, -0.2) is 0 Å². The summed E-state index contributed by atoms with van der Waals surface area (Å²) in [6, 6.07) is 7.90. The van der Waals surface area contributed by atoms with Crippen LogP contribution in [0.1, 0.15) is 13.3 Å². The number of amides is 1. The van der Waals surface area contributed by atoms with Gasteiger partial charge < -0.3 is 10.6 Å². The van der Waals surface area contributed by atoms with Gasteiger partial charge in [0.2, 0.25) is 5.91 Å². The number of benzene rings is 1. The van der Waals surface area contributed by atoms with E-state index in [0.717, 1.165) is 22.2 Å². The Morgan fingerprint density at radius 3 is 2.80 bits per heavy atom. The summed E-state index contributed by atoms with van der Waals surface area (Å²) in [7, 11) is 0. The van der Waals surface area contributed by atoms with Crippen LogP contribution in [0, 0.1) is 3.57 Å². The number of para-hydroxylation sites is 1. The molecule has 0 bridgehead atoms. The quantitative estimate of drug-likeness (QED) is 0.818. The summed E-state index contributed by atoms with van der Waals surface area (Å²) in [4.78, 5) is 11.3. The van der Waals surface area contributed by atoms with Gasteiger partial charge in [-0.2, -0.15) is 0 Å². The highest BCUT2D eigenvalue weighted by Crippen LogP contribution is 2.16. The maximum absolute atomic E-state index is 11.3. The van der Waals surface area contributed by atoms with Crippen LogP contribution in [0.25, 0.3) is 0 Å². The van der Waals surface area contributed by atoms with Gasteiger partial charge in [-0.05, 0) is 41.1 Å². The molecule has 1 rings (SSSR count). The smallest absolute Gasteiger partial charge is 0.239 e. The molecular formula is C11H15IN2O. The summed E-state index contributed by atoms with van der Waals surface area (Å²) in [5, 5.41) is 5.92. The number of halogens is 1. The standard InChI is InChI=1S/C11H15IN2O/c1-2-7-13-11(15)8-14-10-6-4-3-5-9(10)12/h3-6,14H,2,7-8H2,1H3,(H,13,15). The average molecular weight is 318 g/mol. The summed E-state index contributed by atoms with van der Waals surface area (Å²) in [5.74, 6) is 0.0384. The number of carbonyl (C=O) groups is 1. The molecule has 2 N–H and O–H groups in total. The van der Waals surface area contributed by atoms with Crippen LogP contribution in [0.3, 0.4) is 0 Å². The Morgan fingerprint density at radius 1 is 1.40 bits per heavy atom. The molecule has 0 aliphatic rings. The maximum atomic E-state index is 11.3. The van der Waals surface area contributed by atoms with Crippen molar-refractivity contribution in [2.45, 2.75) is 13.3 Å². The predicted octanol–water partition coefficient (Wildman–Crippen LogP) is 2.23. The molecule has 0 atom stereocenters. The molecule has 15 heavy (non-hydrogen) atoms. The minimum Gasteiger partial charge on any atom is -0.375 e. The van der Waals surface area contributed by atoms with Gasteiger partial charge in [-0.1, -0.05) is 19.1 Å². The molecule has 3 nitrogen and oxygen atoms in total. The first-order valence-corrected chi connectivity index (χ1v) is 6.07. The van der Waals surface area contributed by atoms with Crippen molar-refractivity contribution in [2.75, 3.05) is 18.4 Å². The van der Waals surface area contributed by atoms with Crippen molar-refractivity contribution in [1.29, 1.82) is 0 Å². The highest BCUT2D eigenvalue weighted by molar-refractivity contribution is 14.1. The Hall–Kier alpha value is -0.780. The minimum atomic E-state index is 0.0384. The molecule has 1 aromatic rings. The first-order chi connectivity index (χ1) is 7.24. The van der Waals surface area contributed by atoms with Crippen LogP contribution >= 0.6 is 22.6 Å². The van der Waals surface area contributed by atoms with Gasteiger partial charge in [-0.15, -0.1) is 0 Å². The van der Waals surface area contributed by atoms with E-state index < -0.39 is 0 Å². The minimum absolute atomic E-state index is 0.0384. The number of nitrogens with one attached hydrogen (secondary N) is 2. The second-order valence-electron chi connectivity index (χ2n) is 3.18. The topological polar surface area (TPSA) is 41.1 Å². The van der Waals surface area contributed by atoms with E-state index in [0.29, 0.717) is 6.54 Å². The first-order valence-electron chi connectivity index (χ1n) is 4.99. The zero-order chi connectivity index (χ0) is 11.1. The van der Waals surface area contributed by atoms with E-state index in [1.165, 1.54) is 0 Å². The van der Waals surface area contributed by atoms with Crippen LogP contribution in [-0.2, 0) is 4.79 Å². The first kappa shape index (κ1) is 12.3. The molecule has 0 fully saturated rings. The molecule has 0 radical (unpaired) electrons. The molecular weight excluding hydrogens is 303 g/mol. The van der Waals surface area contributed by atoms with E-state index >= 15 is 0 Å². The van der Waals surface area contributed by atoms with Gasteiger partial charge >= 0.3 is 0 Å². The van der Waals surface area contributed by atoms with Crippen molar-refractivity contribution >= 4 is 34.2 Å². The van der Waals surface area contributed by atoms with Crippen molar-refractivity contribution in [3.8, 4) is 0 Å². The van der Waals surface area contributed by atoms with Crippen molar-refractivity contribution in [1.82, 2.24) is 5.32 Å². The van der Waals surface area contributed by atoms with E-state index in [9.17, 15) is 4.79 Å². The van der Waals surface area contributed by atoms with Crippen LogP contribution in [0.4, 0.5) is 5.69 Å². The van der Waals surface area contributed by atoms with Crippen LogP contribution < -0.4 is 10.6 Å². The van der Waals surface area contributed by atoms with Gasteiger partial charge in [-0.3, -0.25) is 4.79 Å².